The van der Waals surface area contributed by atoms with E-state index in [0.717, 1.165) is 19.4 Å². The molecule has 3 N–H and O–H groups in total. The summed E-state index contributed by atoms with van der Waals surface area (Å²) in [6.45, 7) is 3.05. The van der Waals surface area contributed by atoms with Crippen molar-refractivity contribution in [3.05, 3.63) is 24.3 Å². The maximum Gasteiger partial charge on any atom is 0.241 e. The van der Waals surface area contributed by atoms with Gasteiger partial charge in [-0.25, -0.2) is 0 Å². The zero-order valence-electron chi connectivity index (χ0n) is 9.94. The molecule has 1 saturated heterocycles. The van der Waals surface area contributed by atoms with E-state index in [2.05, 4.69) is 17.6 Å². The maximum atomic E-state index is 12.0. The molecular formula is C13H18N2O2. The average Bonchev–Trinajstić information content (AvgIpc) is 2.29. The highest BCUT2D eigenvalue weighted by Gasteiger charge is 2.24. The van der Waals surface area contributed by atoms with E-state index in [4.69, 9.17) is 0 Å². The predicted molar refractivity (Wildman–Crippen MR) is 66.9 cm³/mol. The van der Waals surface area contributed by atoms with Crippen LogP contribution < -0.4 is 10.6 Å². The van der Waals surface area contributed by atoms with Gasteiger partial charge in [0, 0.05) is 11.8 Å². The number of hydrogen-bond donors (Lipinski definition) is 3. The number of carbonyl (C=O) groups excluding carboxylic acids is 1. The van der Waals surface area contributed by atoms with Gasteiger partial charge in [-0.2, -0.15) is 0 Å². The number of nitrogens with one attached hydrogen (secondary N) is 2. The molecule has 0 aliphatic carbocycles. The molecule has 1 heterocycles. The molecule has 1 aromatic rings. The fourth-order valence-electron chi connectivity index (χ4n) is 2.12. The monoisotopic (exact) mass is 234 g/mol. The second kappa shape index (κ2) is 5.19. The SMILES string of the molecule is CC1CCNC(C(=O)Nc2cccc(O)c2)C1. The zero-order valence-corrected chi connectivity index (χ0v) is 9.94. The summed E-state index contributed by atoms with van der Waals surface area (Å²) in [5, 5.41) is 15.3. The van der Waals surface area contributed by atoms with Crippen molar-refractivity contribution in [2.24, 2.45) is 5.92 Å². The second-order valence-electron chi connectivity index (χ2n) is 4.68. The fourth-order valence-corrected chi connectivity index (χ4v) is 2.12. The molecule has 4 heteroatoms. The van der Waals surface area contributed by atoms with Crippen LogP contribution in [-0.4, -0.2) is 23.6 Å². The van der Waals surface area contributed by atoms with Crippen LogP contribution in [0.4, 0.5) is 5.69 Å². The molecule has 0 aromatic heterocycles. The number of rotatable bonds is 2. The van der Waals surface area contributed by atoms with Crippen LogP contribution in [-0.2, 0) is 4.79 Å². The van der Waals surface area contributed by atoms with Gasteiger partial charge in [-0.15, -0.1) is 0 Å². The van der Waals surface area contributed by atoms with Gasteiger partial charge < -0.3 is 15.7 Å². The molecule has 0 saturated carbocycles. The summed E-state index contributed by atoms with van der Waals surface area (Å²) >= 11 is 0. The van der Waals surface area contributed by atoms with Gasteiger partial charge in [0.05, 0.1) is 6.04 Å². The van der Waals surface area contributed by atoms with Gasteiger partial charge in [-0.3, -0.25) is 4.79 Å². The lowest BCUT2D eigenvalue weighted by Gasteiger charge is -2.27. The van der Waals surface area contributed by atoms with E-state index in [-0.39, 0.29) is 17.7 Å². The Labute approximate surface area is 101 Å². The molecule has 0 bridgehead atoms. The Bertz CT molecular complexity index is 406. The molecule has 4 nitrogen and oxygen atoms in total. The van der Waals surface area contributed by atoms with Gasteiger partial charge in [-0.1, -0.05) is 13.0 Å². The van der Waals surface area contributed by atoms with Gasteiger partial charge >= 0.3 is 0 Å². The van der Waals surface area contributed by atoms with Crippen LogP contribution >= 0.6 is 0 Å². The van der Waals surface area contributed by atoms with Crippen molar-refractivity contribution in [3.63, 3.8) is 0 Å². The highest BCUT2D eigenvalue weighted by Crippen LogP contribution is 2.18. The van der Waals surface area contributed by atoms with Crippen molar-refractivity contribution >= 4 is 11.6 Å². The predicted octanol–water partition coefficient (Wildman–Crippen LogP) is 1.72. The van der Waals surface area contributed by atoms with E-state index >= 15 is 0 Å². The summed E-state index contributed by atoms with van der Waals surface area (Å²) in [6, 6.07) is 6.48. The summed E-state index contributed by atoms with van der Waals surface area (Å²) in [7, 11) is 0. The van der Waals surface area contributed by atoms with Crippen molar-refractivity contribution in [2.45, 2.75) is 25.8 Å². The van der Waals surface area contributed by atoms with Crippen LogP contribution in [0, 0.1) is 5.92 Å². The van der Waals surface area contributed by atoms with Crippen molar-refractivity contribution in [1.29, 1.82) is 0 Å². The number of phenols is 1. The molecule has 1 fully saturated rings. The van der Waals surface area contributed by atoms with Crippen LogP contribution in [0.2, 0.25) is 0 Å². The molecular weight excluding hydrogens is 216 g/mol. The summed E-state index contributed by atoms with van der Waals surface area (Å²) in [5.74, 6) is 0.714. The summed E-state index contributed by atoms with van der Waals surface area (Å²) in [6.07, 6.45) is 1.99. The summed E-state index contributed by atoms with van der Waals surface area (Å²) in [5.41, 5.74) is 0.634. The minimum absolute atomic E-state index is 0.0258. The molecule has 0 spiro atoms. The minimum Gasteiger partial charge on any atom is -0.508 e. The number of piperidine rings is 1. The Morgan fingerprint density at radius 3 is 3.06 bits per heavy atom. The molecule has 1 aliphatic heterocycles. The Morgan fingerprint density at radius 2 is 2.35 bits per heavy atom. The fraction of sp³-hybridized carbons (Fsp3) is 0.462. The molecule has 2 rings (SSSR count). The van der Waals surface area contributed by atoms with Crippen LogP contribution in [0.15, 0.2) is 24.3 Å². The number of aromatic hydroxyl groups is 1. The van der Waals surface area contributed by atoms with Crippen LogP contribution in [0.5, 0.6) is 5.75 Å². The normalized spacial score (nSPS) is 24.3. The topological polar surface area (TPSA) is 61.4 Å². The first-order valence-corrected chi connectivity index (χ1v) is 5.98. The summed E-state index contributed by atoms with van der Waals surface area (Å²) in [4.78, 5) is 12.0. The average molecular weight is 234 g/mol. The first-order chi connectivity index (χ1) is 8.15. The van der Waals surface area contributed by atoms with Crippen LogP contribution in [0.1, 0.15) is 19.8 Å². The molecule has 92 valence electrons. The van der Waals surface area contributed by atoms with Crippen molar-refractivity contribution in [3.8, 4) is 5.75 Å². The van der Waals surface area contributed by atoms with Gasteiger partial charge in [0.15, 0.2) is 0 Å². The molecule has 1 aliphatic rings. The lowest BCUT2D eigenvalue weighted by molar-refractivity contribution is -0.119. The molecule has 2 unspecified atom stereocenters. The third-order valence-corrected chi connectivity index (χ3v) is 3.10. The second-order valence-corrected chi connectivity index (χ2v) is 4.68. The molecule has 0 radical (unpaired) electrons. The van der Waals surface area contributed by atoms with E-state index in [9.17, 15) is 9.90 Å². The molecule has 1 amide bonds. The van der Waals surface area contributed by atoms with E-state index in [1.807, 2.05) is 0 Å². The standard InChI is InChI=1S/C13H18N2O2/c1-9-5-6-14-12(7-9)13(17)15-10-3-2-4-11(16)8-10/h2-4,8-9,12,14,16H,5-7H2,1H3,(H,15,17). The molecule has 2 atom stereocenters. The smallest absolute Gasteiger partial charge is 0.241 e. The van der Waals surface area contributed by atoms with Gasteiger partial charge in [-0.05, 0) is 37.4 Å². The largest absolute Gasteiger partial charge is 0.508 e. The number of hydrogen-bond acceptors (Lipinski definition) is 3. The third kappa shape index (κ3) is 3.20. The lowest BCUT2D eigenvalue weighted by Crippen LogP contribution is -2.45. The van der Waals surface area contributed by atoms with E-state index in [1.165, 1.54) is 0 Å². The quantitative estimate of drug-likeness (QED) is 0.730. The Hall–Kier alpha value is -1.55. The number of anilines is 1. The Morgan fingerprint density at radius 1 is 1.53 bits per heavy atom. The van der Waals surface area contributed by atoms with Crippen molar-refractivity contribution in [1.82, 2.24) is 5.32 Å². The first kappa shape index (κ1) is 11.9. The zero-order chi connectivity index (χ0) is 12.3. The molecule has 17 heavy (non-hydrogen) atoms. The lowest BCUT2D eigenvalue weighted by atomic mass is 9.94. The first-order valence-electron chi connectivity index (χ1n) is 5.98. The number of carbonyl (C=O) groups is 1. The highest BCUT2D eigenvalue weighted by atomic mass is 16.3. The minimum atomic E-state index is -0.124. The third-order valence-electron chi connectivity index (χ3n) is 3.10. The summed E-state index contributed by atoms with van der Waals surface area (Å²) < 4.78 is 0. The Balaban J connectivity index is 1.96. The number of benzene rings is 1. The number of phenolic OH excluding ortho intramolecular Hbond substituents is 1. The number of amides is 1. The van der Waals surface area contributed by atoms with Gasteiger partial charge in [0.1, 0.15) is 5.75 Å². The van der Waals surface area contributed by atoms with Crippen molar-refractivity contribution in [2.75, 3.05) is 11.9 Å². The van der Waals surface area contributed by atoms with Crippen molar-refractivity contribution < 1.29 is 9.90 Å². The van der Waals surface area contributed by atoms with E-state index in [0.29, 0.717) is 11.6 Å². The van der Waals surface area contributed by atoms with Crippen LogP contribution in [0.3, 0.4) is 0 Å². The molecule has 1 aromatic carbocycles. The maximum absolute atomic E-state index is 12.0. The highest BCUT2D eigenvalue weighted by molar-refractivity contribution is 5.95. The van der Waals surface area contributed by atoms with E-state index < -0.39 is 0 Å². The van der Waals surface area contributed by atoms with Crippen LogP contribution in [0.25, 0.3) is 0 Å². The van der Waals surface area contributed by atoms with Gasteiger partial charge in [0.2, 0.25) is 5.91 Å². The van der Waals surface area contributed by atoms with E-state index in [1.54, 1.807) is 24.3 Å². The Kier molecular flexibility index (Phi) is 3.64. The van der Waals surface area contributed by atoms with Gasteiger partial charge in [0.25, 0.3) is 0 Å².